The largest absolute Gasteiger partial charge is 0.444 e. The summed E-state index contributed by atoms with van der Waals surface area (Å²) in [6.07, 6.45) is -0.170. The predicted molar refractivity (Wildman–Crippen MR) is 192 cm³/mol. The predicted octanol–water partition coefficient (Wildman–Crippen LogP) is 3.35. The Morgan fingerprint density at radius 3 is 2.41 bits per heavy atom. The second-order valence-electron chi connectivity index (χ2n) is 15.6. The number of alkyl carbamates (subject to hydrolysis) is 1. The number of hydrogen-bond acceptors (Lipinski definition) is 10. The second kappa shape index (κ2) is 15.7. The normalized spacial score (nSPS) is 24.3. The zero-order valence-corrected chi connectivity index (χ0v) is 32.3. The minimum absolute atomic E-state index is 0.0402. The summed E-state index contributed by atoms with van der Waals surface area (Å²) in [5, 5.41) is 4.59. The van der Waals surface area contributed by atoms with E-state index >= 15 is 0 Å². The van der Waals surface area contributed by atoms with Crippen molar-refractivity contribution < 1.29 is 51.0 Å². The number of ether oxygens (including phenoxy) is 2. The molecule has 2 heterocycles. The van der Waals surface area contributed by atoms with Gasteiger partial charge in [0.05, 0.1) is 18.3 Å². The Labute approximate surface area is 314 Å². The highest BCUT2D eigenvalue weighted by Gasteiger charge is 2.62. The molecule has 5 rings (SSSR count). The summed E-state index contributed by atoms with van der Waals surface area (Å²) >= 11 is 0. The number of amides is 5. The molecule has 3 N–H and O–H groups in total. The molecular weight excluding hydrogens is 725 g/mol. The molecule has 0 spiro atoms. The maximum Gasteiger partial charge on any atom is 0.410 e. The van der Waals surface area contributed by atoms with Crippen molar-refractivity contribution >= 4 is 45.7 Å². The highest BCUT2D eigenvalue weighted by Crippen LogP contribution is 2.47. The number of fused-ring (bicyclic) bond motifs is 1. The summed E-state index contributed by atoms with van der Waals surface area (Å²) < 4.78 is 53.1. The second-order valence-corrected chi connectivity index (χ2v) is 17.5. The number of carbonyl (C=O) groups excluding carboxylic acids is 6. The number of nitrogens with zero attached hydrogens (tertiary/aromatic N) is 2. The maximum atomic E-state index is 14.4. The van der Waals surface area contributed by atoms with Crippen molar-refractivity contribution in [3.63, 3.8) is 0 Å². The number of rotatable bonds is 13. The molecule has 1 aromatic carbocycles. The summed E-state index contributed by atoms with van der Waals surface area (Å²) in [5.74, 6) is -3.52. The Morgan fingerprint density at radius 2 is 1.81 bits per heavy atom. The molecule has 0 bridgehead atoms. The first-order valence-corrected chi connectivity index (χ1v) is 19.9. The van der Waals surface area contributed by atoms with Gasteiger partial charge >= 0.3 is 12.2 Å². The molecule has 5 atom stereocenters. The van der Waals surface area contributed by atoms with E-state index in [9.17, 15) is 41.6 Å². The molecule has 2 aliphatic heterocycles. The molecule has 17 heteroatoms. The van der Waals surface area contributed by atoms with E-state index < -0.39 is 80.3 Å². The van der Waals surface area contributed by atoms with E-state index in [1.165, 1.54) is 11.0 Å². The van der Waals surface area contributed by atoms with Crippen LogP contribution in [0.15, 0.2) is 29.8 Å². The molecule has 296 valence electrons. The fourth-order valence-corrected chi connectivity index (χ4v) is 8.30. The third-order valence-corrected chi connectivity index (χ3v) is 12.2. The average Bonchev–Trinajstić information content (AvgIpc) is 3.99. The SMILES string of the molecule is C/C=C(\C)C(=O)CC[C@H](NC(=O)OC(C)(C)C)C(=O)N1C[C@H](OC(=O)N2Cc3cccc(F)c3C2)C[C@H]1C(=O)N[C@]1(C(=O)NS(=O)(=O)C2CC2)C[C@H]1CC. The Bertz CT molecular complexity index is 1840. The van der Waals surface area contributed by atoms with Crippen LogP contribution in [0, 0.1) is 11.7 Å². The fourth-order valence-electron chi connectivity index (χ4n) is 6.94. The van der Waals surface area contributed by atoms with Crippen molar-refractivity contribution in [1.29, 1.82) is 0 Å². The number of carbonyl (C=O) groups is 6. The first-order chi connectivity index (χ1) is 25.3. The lowest BCUT2D eigenvalue weighted by Crippen LogP contribution is -2.58. The summed E-state index contributed by atoms with van der Waals surface area (Å²) in [6.45, 7) is 9.78. The van der Waals surface area contributed by atoms with E-state index in [-0.39, 0.29) is 57.0 Å². The Kier molecular flexibility index (Phi) is 11.8. The van der Waals surface area contributed by atoms with Gasteiger partial charge in [0.1, 0.15) is 35.1 Å². The summed E-state index contributed by atoms with van der Waals surface area (Å²) in [5.41, 5.74) is -1.04. The maximum absolute atomic E-state index is 14.4. The van der Waals surface area contributed by atoms with Gasteiger partial charge in [-0.25, -0.2) is 22.4 Å². The third kappa shape index (κ3) is 9.21. The Morgan fingerprint density at radius 1 is 1.11 bits per heavy atom. The summed E-state index contributed by atoms with van der Waals surface area (Å²) in [6, 6.07) is 1.86. The lowest BCUT2D eigenvalue weighted by Gasteiger charge is -2.30. The number of halogens is 1. The minimum Gasteiger partial charge on any atom is -0.444 e. The molecule has 0 aromatic heterocycles. The van der Waals surface area contributed by atoms with Crippen molar-refractivity contribution in [3.05, 3.63) is 46.8 Å². The average molecular weight is 776 g/mol. The van der Waals surface area contributed by atoms with Gasteiger partial charge in [0.2, 0.25) is 21.8 Å². The number of sulfonamides is 1. The zero-order chi connectivity index (χ0) is 39.7. The van der Waals surface area contributed by atoms with Gasteiger partial charge in [-0.1, -0.05) is 31.6 Å². The number of allylic oxidation sites excluding steroid dienone is 2. The van der Waals surface area contributed by atoms with Crippen molar-refractivity contribution in [2.24, 2.45) is 5.92 Å². The molecular formula is C37H50FN5O10S. The Hall–Kier alpha value is -4.54. The smallest absolute Gasteiger partial charge is 0.410 e. The van der Waals surface area contributed by atoms with Gasteiger partial charge in [-0.15, -0.1) is 0 Å². The lowest BCUT2D eigenvalue weighted by atomic mass is 10.0. The van der Waals surface area contributed by atoms with Gasteiger partial charge < -0.3 is 25.0 Å². The number of hydrogen-bond donors (Lipinski definition) is 3. The van der Waals surface area contributed by atoms with Gasteiger partial charge in [0, 0.05) is 24.9 Å². The third-order valence-electron chi connectivity index (χ3n) is 10.4. The molecule has 15 nitrogen and oxygen atoms in total. The van der Waals surface area contributed by atoms with Crippen LogP contribution < -0.4 is 15.4 Å². The molecule has 3 fully saturated rings. The molecule has 54 heavy (non-hydrogen) atoms. The van der Waals surface area contributed by atoms with E-state index in [0.29, 0.717) is 36.0 Å². The number of ketones is 1. The van der Waals surface area contributed by atoms with Crippen LogP contribution in [-0.4, -0.2) is 95.0 Å². The minimum atomic E-state index is -3.94. The van der Waals surface area contributed by atoms with Crippen molar-refractivity contribution in [2.45, 2.75) is 134 Å². The molecule has 1 saturated heterocycles. The zero-order valence-electron chi connectivity index (χ0n) is 31.5. The quantitative estimate of drug-likeness (QED) is 0.250. The van der Waals surface area contributed by atoms with Crippen LogP contribution in [0.2, 0.25) is 0 Å². The van der Waals surface area contributed by atoms with Gasteiger partial charge in [-0.3, -0.25) is 28.8 Å². The van der Waals surface area contributed by atoms with Crippen LogP contribution in [0.1, 0.15) is 97.6 Å². The van der Waals surface area contributed by atoms with Crippen molar-refractivity contribution in [3.8, 4) is 0 Å². The number of Topliss-reactive ketones (excluding diaryl/α,β-unsaturated/α-hetero) is 1. The van der Waals surface area contributed by atoms with E-state index in [0.717, 1.165) is 4.90 Å². The first-order valence-electron chi connectivity index (χ1n) is 18.3. The number of nitrogens with one attached hydrogen (secondary N) is 3. The van der Waals surface area contributed by atoms with Crippen LogP contribution in [0.25, 0.3) is 0 Å². The molecule has 0 unspecified atom stereocenters. The molecule has 0 radical (unpaired) electrons. The van der Waals surface area contributed by atoms with Crippen LogP contribution in [0.5, 0.6) is 0 Å². The van der Waals surface area contributed by atoms with Crippen LogP contribution >= 0.6 is 0 Å². The van der Waals surface area contributed by atoms with Crippen LogP contribution in [0.3, 0.4) is 0 Å². The number of likely N-dealkylation sites (tertiary alicyclic amines) is 1. The molecule has 2 saturated carbocycles. The Balaban J connectivity index is 1.39. The highest BCUT2D eigenvalue weighted by molar-refractivity contribution is 7.91. The van der Waals surface area contributed by atoms with E-state index in [4.69, 9.17) is 9.47 Å². The molecule has 1 aromatic rings. The lowest BCUT2D eigenvalue weighted by molar-refractivity contribution is -0.141. The fraction of sp³-hybridized carbons (Fsp3) is 0.622. The van der Waals surface area contributed by atoms with Gasteiger partial charge in [0.25, 0.3) is 5.91 Å². The van der Waals surface area contributed by atoms with Crippen LogP contribution in [0.4, 0.5) is 14.0 Å². The molecule has 2 aliphatic carbocycles. The summed E-state index contributed by atoms with van der Waals surface area (Å²) in [4.78, 5) is 83.6. The molecule has 4 aliphatic rings. The monoisotopic (exact) mass is 775 g/mol. The van der Waals surface area contributed by atoms with Gasteiger partial charge in [0.15, 0.2) is 5.78 Å². The standard InChI is InChI=1S/C37H50FN5O10S/c1-7-21(3)30(44)15-14-28(39-34(48)53-36(4,5)6)32(46)43-19-24(52-35(49)42-18-22-10-9-11-27(38)26(22)20-42)16-29(43)31(45)40-37(17-23(37)8-2)33(47)41-54(50,51)25-12-13-25/h7,9-11,23-25,28-29H,8,12-20H2,1-6H3,(H,39,48)(H,40,45)(H,41,47)/b21-7+/t23-,24-,28+,29+,37-/m1/s1. The topological polar surface area (TPSA) is 198 Å². The van der Waals surface area contributed by atoms with Gasteiger partial charge in [-0.2, -0.15) is 0 Å². The van der Waals surface area contributed by atoms with Crippen molar-refractivity contribution in [2.75, 3.05) is 6.54 Å². The van der Waals surface area contributed by atoms with Crippen molar-refractivity contribution in [1.82, 2.24) is 25.2 Å². The van der Waals surface area contributed by atoms with Crippen LogP contribution in [-0.2, 0) is 51.8 Å². The highest BCUT2D eigenvalue weighted by atomic mass is 32.2. The van der Waals surface area contributed by atoms with E-state index in [1.807, 2.05) is 0 Å². The first kappa shape index (κ1) is 40.6. The van der Waals surface area contributed by atoms with E-state index in [1.54, 1.807) is 59.8 Å². The van der Waals surface area contributed by atoms with Gasteiger partial charge in [-0.05, 0) is 83.4 Å². The molecule has 5 amide bonds. The summed E-state index contributed by atoms with van der Waals surface area (Å²) in [7, 11) is -3.94. The van der Waals surface area contributed by atoms with E-state index in [2.05, 4.69) is 15.4 Å². The number of benzene rings is 1.